The van der Waals surface area contributed by atoms with Gasteiger partial charge in [0.1, 0.15) is 12.6 Å². The van der Waals surface area contributed by atoms with Crippen LogP contribution in [0, 0.1) is 56.5 Å². The Bertz CT molecular complexity index is 2330. The average molecular weight is 882 g/mol. The number of para-hydroxylation sites is 1. The molecule has 4 saturated carbocycles. The van der Waals surface area contributed by atoms with E-state index in [1.165, 1.54) is 44.6 Å². The van der Waals surface area contributed by atoms with Crippen molar-refractivity contribution in [3.05, 3.63) is 68.7 Å². The first-order valence-corrected chi connectivity index (χ1v) is 23.3. The summed E-state index contributed by atoms with van der Waals surface area (Å²) in [6.45, 7) is 9.43. The van der Waals surface area contributed by atoms with Crippen LogP contribution in [0.3, 0.4) is 0 Å². The molecule has 2 heterocycles. The van der Waals surface area contributed by atoms with Crippen LogP contribution in [0.1, 0.15) is 97.0 Å². The van der Waals surface area contributed by atoms with Gasteiger partial charge in [0.25, 0.3) is 0 Å². The van der Waals surface area contributed by atoms with Crippen molar-refractivity contribution >= 4 is 45.2 Å². The van der Waals surface area contributed by atoms with Crippen molar-refractivity contribution in [1.29, 1.82) is 0 Å². The number of non-ortho nitro benzene ring substituents is 1. The van der Waals surface area contributed by atoms with E-state index in [0.29, 0.717) is 87.0 Å². The number of H-pyrrole nitrogens is 1. The highest BCUT2D eigenvalue weighted by Crippen LogP contribution is 2.68. The smallest absolute Gasteiger partial charge is 0.305 e. The molecule has 4 aliphatic rings. The number of ether oxygens (including phenoxy) is 3. The van der Waals surface area contributed by atoms with Crippen LogP contribution in [0.4, 0.5) is 11.4 Å². The number of amides is 1. The highest BCUT2D eigenvalue weighted by molar-refractivity contribution is 5.96. The maximum atomic E-state index is 14.5. The van der Waals surface area contributed by atoms with Crippen LogP contribution >= 0.6 is 0 Å². The molecule has 1 amide bonds. The third-order valence-corrected chi connectivity index (χ3v) is 16.2. The van der Waals surface area contributed by atoms with Crippen LogP contribution in [-0.2, 0) is 30.2 Å². The molecule has 8 rings (SSSR count). The van der Waals surface area contributed by atoms with Gasteiger partial charge in [-0.15, -0.1) is 0 Å². The van der Waals surface area contributed by atoms with Gasteiger partial charge in [0, 0.05) is 53.5 Å². The fourth-order valence-corrected chi connectivity index (χ4v) is 13.0. The fraction of sp³-hybridized carbons (Fsp3) is 0.660. The lowest BCUT2D eigenvalue weighted by Gasteiger charge is -2.61. The molecule has 4 aliphatic carbocycles. The predicted octanol–water partition coefficient (Wildman–Crippen LogP) is 9.08. The normalized spacial score (nSPS) is 28.3. The molecule has 0 bridgehead atoms. The molecule has 64 heavy (non-hydrogen) atoms. The lowest BCUT2D eigenvalue weighted by atomic mass is 9.44. The van der Waals surface area contributed by atoms with E-state index >= 15 is 0 Å². The van der Waals surface area contributed by atoms with E-state index in [1.807, 2.05) is 30.5 Å². The molecule has 10 atom stereocenters. The molecule has 4 unspecified atom stereocenters. The first-order valence-electron chi connectivity index (χ1n) is 23.3. The molecule has 2 aromatic carbocycles. The number of esters is 1. The lowest BCUT2D eigenvalue weighted by molar-refractivity contribution is -0.383. The fourth-order valence-electron chi connectivity index (χ4n) is 13.0. The van der Waals surface area contributed by atoms with Crippen LogP contribution < -0.4 is 10.6 Å². The van der Waals surface area contributed by atoms with Gasteiger partial charge in [-0.1, -0.05) is 44.1 Å². The van der Waals surface area contributed by atoms with E-state index in [4.69, 9.17) is 24.4 Å². The van der Waals surface area contributed by atoms with Crippen LogP contribution in [0.15, 0.2) is 52.3 Å². The number of aromatic amines is 1. The Kier molecular flexibility index (Phi) is 14.1. The third kappa shape index (κ3) is 9.43. The molecule has 17 nitrogen and oxygen atoms in total. The predicted molar refractivity (Wildman–Crippen MR) is 240 cm³/mol. The van der Waals surface area contributed by atoms with Gasteiger partial charge in [-0.3, -0.25) is 19.7 Å². The minimum absolute atomic E-state index is 0.0336. The summed E-state index contributed by atoms with van der Waals surface area (Å²) < 4.78 is 21.2. The van der Waals surface area contributed by atoms with Crippen LogP contribution in [0.5, 0.6) is 0 Å². The molecule has 0 saturated heterocycles. The molecule has 344 valence electrons. The maximum absolute atomic E-state index is 14.5. The molecular formula is C47H63N9O8. The summed E-state index contributed by atoms with van der Waals surface area (Å²) in [5, 5.41) is 30.8. The highest BCUT2D eigenvalue weighted by atomic mass is 16.6. The van der Waals surface area contributed by atoms with E-state index in [2.05, 4.69) is 56.7 Å². The lowest BCUT2D eigenvalue weighted by Crippen LogP contribution is -2.56. The SMILES string of the molecule is C[C@H](CCC(=O)OCCOCCOCCN=[N+]=[N-])C1CCC2C3CC[C@@H]4C[C@H](NC(=O)[C@H](Cc5c[nH]c6ccccc56)Nc5ccc([N+](=O)[O-])c6nonc56)CC[C@]4(C)C3CC[C@@]21C. The number of nitro benzene ring substituents is 1. The minimum Gasteiger partial charge on any atom is -0.463 e. The molecule has 4 fully saturated rings. The molecular weight excluding hydrogens is 819 g/mol. The first-order chi connectivity index (χ1) is 31.0. The first kappa shape index (κ1) is 45.3. The summed E-state index contributed by atoms with van der Waals surface area (Å²) in [6, 6.07) is 10.3. The summed E-state index contributed by atoms with van der Waals surface area (Å²) in [5.41, 5.74) is 11.3. The second kappa shape index (κ2) is 19.9. The van der Waals surface area contributed by atoms with Crippen molar-refractivity contribution in [2.45, 2.75) is 110 Å². The van der Waals surface area contributed by atoms with Gasteiger partial charge >= 0.3 is 11.7 Å². The number of nitrogens with one attached hydrogen (secondary N) is 3. The van der Waals surface area contributed by atoms with E-state index in [9.17, 15) is 19.7 Å². The van der Waals surface area contributed by atoms with E-state index < -0.39 is 11.0 Å². The van der Waals surface area contributed by atoms with E-state index in [-0.39, 0.29) is 52.1 Å². The Labute approximate surface area is 373 Å². The quantitative estimate of drug-likeness (QED) is 0.0144. The van der Waals surface area contributed by atoms with Gasteiger partial charge in [-0.25, -0.2) is 4.63 Å². The van der Waals surface area contributed by atoms with E-state index in [1.54, 1.807) is 6.07 Å². The number of hydrogen-bond acceptors (Lipinski definition) is 12. The number of azide groups is 1. The minimum atomic E-state index is -0.691. The van der Waals surface area contributed by atoms with Gasteiger partial charge < -0.3 is 29.8 Å². The number of nitro groups is 1. The molecule has 3 N–H and O–H groups in total. The number of hydrogen-bond donors (Lipinski definition) is 3. The summed E-state index contributed by atoms with van der Waals surface area (Å²) in [5.74, 6) is 3.37. The van der Waals surface area contributed by atoms with Crippen LogP contribution in [0.2, 0.25) is 0 Å². The molecule has 0 radical (unpaired) electrons. The van der Waals surface area contributed by atoms with Crippen molar-refractivity contribution in [2.24, 2.45) is 51.5 Å². The molecule has 0 aliphatic heterocycles. The largest absolute Gasteiger partial charge is 0.463 e. The number of carbonyl (C=O) groups is 2. The number of benzene rings is 2. The zero-order chi connectivity index (χ0) is 44.8. The second-order valence-electron chi connectivity index (χ2n) is 19.4. The van der Waals surface area contributed by atoms with Gasteiger partial charge in [-0.05, 0) is 144 Å². The van der Waals surface area contributed by atoms with Crippen molar-refractivity contribution < 1.29 is 33.4 Å². The molecule has 2 aromatic heterocycles. The topological polar surface area (TPSA) is 232 Å². The summed E-state index contributed by atoms with van der Waals surface area (Å²) in [6.07, 6.45) is 13.9. The average Bonchev–Trinajstić information content (AvgIpc) is 4.04. The third-order valence-electron chi connectivity index (χ3n) is 16.2. The van der Waals surface area contributed by atoms with Crippen molar-refractivity contribution in [3.63, 3.8) is 0 Å². The van der Waals surface area contributed by atoms with Gasteiger partial charge in [0.2, 0.25) is 11.4 Å². The van der Waals surface area contributed by atoms with Crippen molar-refractivity contribution in [2.75, 3.05) is 44.9 Å². The van der Waals surface area contributed by atoms with Gasteiger partial charge in [0.15, 0.2) is 5.52 Å². The Balaban J connectivity index is 0.852. The van der Waals surface area contributed by atoms with Crippen LogP contribution in [0.25, 0.3) is 32.4 Å². The number of rotatable bonds is 20. The maximum Gasteiger partial charge on any atom is 0.305 e. The van der Waals surface area contributed by atoms with Crippen molar-refractivity contribution in [3.8, 4) is 0 Å². The van der Waals surface area contributed by atoms with Gasteiger partial charge in [0.05, 0.1) is 37.0 Å². The second-order valence-corrected chi connectivity index (χ2v) is 19.4. The summed E-state index contributed by atoms with van der Waals surface area (Å²) >= 11 is 0. The Morgan fingerprint density at radius 1 is 0.984 bits per heavy atom. The number of carbonyl (C=O) groups excluding carboxylic acids is 2. The Hall–Kier alpha value is -5.25. The number of fused-ring (bicyclic) bond motifs is 7. The van der Waals surface area contributed by atoms with Crippen LogP contribution in [-0.4, -0.2) is 83.8 Å². The molecule has 4 aromatic rings. The monoisotopic (exact) mass is 881 g/mol. The van der Waals surface area contributed by atoms with E-state index in [0.717, 1.165) is 42.1 Å². The number of anilines is 1. The van der Waals surface area contributed by atoms with Gasteiger partial charge in [-0.2, -0.15) is 0 Å². The molecule has 0 spiro atoms. The summed E-state index contributed by atoms with van der Waals surface area (Å²) in [7, 11) is 0. The Morgan fingerprint density at radius 3 is 2.58 bits per heavy atom. The standard InChI is InChI=1S/C47H63N9O8/c1-29(8-15-42(57)63-25-24-62-23-22-61-21-20-50-55-48)35-11-12-36-34-10-9-31-27-32(16-18-46(31,2)37(34)17-19-47(35,36)3)51-45(58)40(26-30-28-49-38-7-5-4-6-33(30)38)52-39-13-14-41(56(59)60)44-43(39)53-64-54-44/h4-7,13-14,28-29,31-32,34-37,40,49,52H,8-12,15-27H2,1-3H3,(H,51,58)/t29-,31-,32-,34?,35?,36?,37?,40+,46+,47-/m1/s1. The zero-order valence-corrected chi connectivity index (χ0v) is 37.3. The number of aromatic nitrogens is 3. The molecule has 17 heteroatoms. The highest BCUT2D eigenvalue weighted by Gasteiger charge is 2.60. The zero-order valence-electron chi connectivity index (χ0n) is 37.3. The van der Waals surface area contributed by atoms with Crippen molar-refractivity contribution in [1.82, 2.24) is 20.6 Å². The number of nitrogens with zero attached hydrogens (tertiary/aromatic N) is 6. The summed E-state index contributed by atoms with van der Waals surface area (Å²) in [4.78, 5) is 44.3. The Morgan fingerprint density at radius 2 is 1.75 bits per heavy atom.